The minimum atomic E-state index is -0.890. The Morgan fingerprint density at radius 2 is 2.35 bits per heavy atom. The van der Waals surface area contributed by atoms with Gasteiger partial charge in [-0.2, -0.15) is 0 Å². The molecule has 0 saturated carbocycles. The van der Waals surface area contributed by atoms with Gasteiger partial charge in [-0.1, -0.05) is 6.07 Å². The topological polar surface area (TPSA) is 46.5 Å². The van der Waals surface area contributed by atoms with Gasteiger partial charge in [0.1, 0.15) is 5.82 Å². The van der Waals surface area contributed by atoms with Crippen LogP contribution in [0.3, 0.4) is 0 Å². The van der Waals surface area contributed by atoms with Gasteiger partial charge in [0.25, 0.3) is 0 Å². The maximum atomic E-state index is 13.0. The van der Waals surface area contributed by atoms with E-state index in [4.69, 9.17) is 4.74 Å². The molecule has 0 aliphatic heterocycles. The van der Waals surface area contributed by atoms with Crippen molar-refractivity contribution >= 4 is 5.97 Å². The maximum Gasteiger partial charge on any atom is 0.311 e. The molecule has 3 nitrogen and oxygen atoms in total. The van der Waals surface area contributed by atoms with Gasteiger partial charge in [-0.25, -0.2) is 4.39 Å². The lowest BCUT2D eigenvalue weighted by Crippen LogP contribution is -2.29. The summed E-state index contributed by atoms with van der Waals surface area (Å²) in [5.74, 6) is -1.23. The monoisotopic (exact) mass is 238 g/mol. The number of aryl methyl sites for hydroxylation is 1. The summed E-state index contributed by atoms with van der Waals surface area (Å²) >= 11 is 0. The fourth-order valence-electron chi connectivity index (χ4n) is 2.26. The summed E-state index contributed by atoms with van der Waals surface area (Å²) in [6, 6.07) is 4.26. The van der Waals surface area contributed by atoms with E-state index in [0.29, 0.717) is 25.0 Å². The van der Waals surface area contributed by atoms with Crippen LogP contribution in [-0.4, -0.2) is 17.7 Å². The summed E-state index contributed by atoms with van der Waals surface area (Å²) in [6.07, 6.45) is 0.197. The summed E-state index contributed by atoms with van der Waals surface area (Å²) in [6.45, 7) is 2.04. The zero-order chi connectivity index (χ0) is 12.4. The molecule has 1 aliphatic rings. The number of fused-ring (bicyclic) bond motifs is 1. The molecule has 1 aliphatic carbocycles. The number of benzene rings is 1. The van der Waals surface area contributed by atoms with Crippen LogP contribution in [0, 0.1) is 11.7 Å². The van der Waals surface area contributed by atoms with E-state index in [1.807, 2.05) is 0 Å². The van der Waals surface area contributed by atoms with Gasteiger partial charge in [0.15, 0.2) is 0 Å². The van der Waals surface area contributed by atoms with Gasteiger partial charge >= 0.3 is 5.97 Å². The Morgan fingerprint density at radius 1 is 1.59 bits per heavy atom. The first-order valence-corrected chi connectivity index (χ1v) is 5.76. The molecule has 0 fully saturated rings. The number of aliphatic hydroxyl groups is 1. The van der Waals surface area contributed by atoms with Crippen LogP contribution >= 0.6 is 0 Å². The Labute approximate surface area is 99.2 Å². The fraction of sp³-hybridized carbons (Fsp3) is 0.462. The Balaban J connectivity index is 2.24. The van der Waals surface area contributed by atoms with Gasteiger partial charge in [-0.05, 0) is 43.0 Å². The van der Waals surface area contributed by atoms with Crippen molar-refractivity contribution in [3.8, 4) is 0 Å². The third-order valence-electron chi connectivity index (χ3n) is 3.12. The zero-order valence-corrected chi connectivity index (χ0v) is 9.65. The van der Waals surface area contributed by atoms with Crippen LogP contribution in [0.2, 0.25) is 0 Å². The molecule has 0 spiro atoms. The van der Waals surface area contributed by atoms with Gasteiger partial charge in [-0.3, -0.25) is 4.79 Å². The summed E-state index contributed by atoms with van der Waals surface area (Å²) < 4.78 is 17.9. The number of esters is 1. The largest absolute Gasteiger partial charge is 0.466 e. The van der Waals surface area contributed by atoms with Crippen molar-refractivity contribution in [3.05, 3.63) is 35.1 Å². The number of carbonyl (C=O) groups is 1. The molecule has 2 atom stereocenters. The minimum Gasteiger partial charge on any atom is -0.466 e. The molecule has 17 heavy (non-hydrogen) atoms. The van der Waals surface area contributed by atoms with E-state index in [2.05, 4.69) is 0 Å². The van der Waals surface area contributed by atoms with E-state index in [9.17, 15) is 14.3 Å². The lowest BCUT2D eigenvalue weighted by Gasteiger charge is -2.28. The third kappa shape index (κ3) is 2.31. The first-order chi connectivity index (χ1) is 8.13. The molecule has 0 aromatic heterocycles. The molecular formula is C13H15FO3. The highest BCUT2D eigenvalue weighted by Crippen LogP contribution is 2.35. The van der Waals surface area contributed by atoms with E-state index in [0.717, 1.165) is 5.56 Å². The Bertz CT molecular complexity index is 431. The number of hydrogen-bond acceptors (Lipinski definition) is 3. The van der Waals surface area contributed by atoms with E-state index in [1.54, 1.807) is 13.0 Å². The molecular weight excluding hydrogens is 223 g/mol. The van der Waals surface area contributed by atoms with E-state index >= 15 is 0 Å². The number of ether oxygens (including phenoxy) is 1. The number of hydrogen-bond donors (Lipinski definition) is 1. The van der Waals surface area contributed by atoms with Crippen molar-refractivity contribution in [1.82, 2.24) is 0 Å². The second-order valence-corrected chi connectivity index (χ2v) is 4.19. The molecule has 0 unspecified atom stereocenters. The summed E-state index contributed by atoms with van der Waals surface area (Å²) in [7, 11) is 0. The second kappa shape index (κ2) is 4.84. The number of halogens is 1. The molecule has 1 aromatic carbocycles. The quantitative estimate of drug-likeness (QED) is 0.801. The van der Waals surface area contributed by atoms with Crippen LogP contribution in [-0.2, 0) is 16.0 Å². The minimum absolute atomic E-state index is 0.304. The van der Waals surface area contributed by atoms with Crippen LogP contribution in [0.25, 0.3) is 0 Å². The normalized spacial score (nSPS) is 23.0. The average Bonchev–Trinajstić information content (AvgIpc) is 2.29. The number of carbonyl (C=O) groups excluding carboxylic acids is 1. The Kier molecular flexibility index (Phi) is 3.43. The predicted molar refractivity (Wildman–Crippen MR) is 59.8 cm³/mol. The van der Waals surface area contributed by atoms with Crippen molar-refractivity contribution < 1.29 is 19.0 Å². The third-order valence-corrected chi connectivity index (χ3v) is 3.12. The smallest absolute Gasteiger partial charge is 0.311 e. The molecule has 1 aromatic rings. The summed E-state index contributed by atoms with van der Waals surface area (Å²) in [5, 5.41) is 10.1. The van der Waals surface area contributed by atoms with Gasteiger partial charge in [0.05, 0.1) is 18.6 Å². The van der Waals surface area contributed by atoms with E-state index in [1.165, 1.54) is 12.1 Å². The lowest BCUT2D eigenvalue weighted by atomic mass is 9.81. The van der Waals surface area contributed by atoms with Crippen LogP contribution in [0.1, 0.15) is 30.6 Å². The number of aliphatic hydroxyl groups excluding tert-OH is 1. The maximum absolute atomic E-state index is 13.0. The van der Waals surface area contributed by atoms with Crippen LogP contribution in [0.4, 0.5) is 4.39 Å². The molecule has 0 saturated heterocycles. The van der Waals surface area contributed by atoms with E-state index in [-0.39, 0.29) is 11.8 Å². The van der Waals surface area contributed by atoms with E-state index < -0.39 is 12.0 Å². The molecule has 92 valence electrons. The molecule has 1 N–H and O–H groups in total. The summed E-state index contributed by atoms with van der Waals surface area (Å²) in [5.41, 5.74) is 1.41. The highest BCUT2D eigenvalue weighted by Gasteiger charge is 2.34. The van der Waals surface area contributed by atoms with Crippen molar-refractivity contribution in [2.24, 2.45) is 5.92 Å². The standard InChI is InChI=1S/C13H15FO3/c1-2-17-13(16)11-5-3-8-7-9(14)4-6-10(8)12(11)15/h4,6-7,11-12,15H,2-3,5H2,1H3/t11-,12-/m1/s1. The highest BCUT2D eigenvalue weighted by atomic mass is 19.1. The fourth-order valence-corrected chi connectivity index (χ4v) is 2.26. The Hall–Kier alpha value is -1.42. The van der Waals surface area contributed by atoms with Crippen molar-refractivity contribution in [3.63, 3.8) is 0 Å². The molecule has 0 heterocycles. The number of rotatable bonds is 2. The predicted octanol–water partition coefficient (Wildman–Crippen LogP) is 1.98. The molecule has 0 amide bonds. The van der Waals surface area contributed by atoms with Gasteiger partial charge < -0.3 is 9.84 Å². The second-order valence-electron chi connectivity index (χ2n) is 4.19. The molecule has 0 bridgehead atoms. The molecule has 4 heteroatoms. The summed E-state index contributed by atoms with van der Waals surface area (Å²) in [4.78, 5) is 11.6. The van der Waals surface area contributed by atoms with Crippen LogP contribution in [0.15, 0.2) is 18.2 Å². The first kappa shape index (κ1) is 12.0. The van der Waals surface area contributed by atoms with Crippen LogP contribution in [0.5, 0.6) is 0 Å². The van der Waals surface area contributed by atoms with Gasteiger partial charge in [-0.15, -0.1) is 0 Å². The molecule has 0 radical (unpaired) electrons. The van der Waals surface area contributed by atoms with Crippen molar-refractivity contribution in [2.45, 2.75) is 25.9 Å². The van der Waals surface area contributed by atoms with Gasteiger partial charge in [0, 0.05) is 0 Å². The first-order valence-electron chi connectivity index (χ1n) is 5.76. The van der Waals surface area contributed by atoms with Gasteiger partial charge in [0.2, 0.25) is 0 Å². The lowest BCUT2D eigenvalue weighted by molar-refractivity contribution is -0.153. The average molecular weight is 238 g/mol. The zero-order valence-electron chi connectivity index (χ0n) is 9.65. The van der Waals surface area contributed by atoms with Crippen molar-refractivity contribution in [2.75, 3.05) is 6.61 Å². The SMILES string of the molecule is CCOC(=O)[C@@H]1CCc2cc(F)ccc2[C@H]1O. The van der Waals surface area contributed by atoms with Crippen molar-refractivity contribution in [1.29, 1.82) is 0 Å². The molecule has 2 rings (SSSR count). The van der Waals surface area contributed by atoms with Crippen LogP contribution < -0.4 is 0 Å². The highest BCUT2D eigenvalue weighted by molar-refractivity contribution is 5.74. The Morgan fingerprint density at radius 3 is 3.06 bits per heavy atom.